The zero-order valence-corrected chi connectivity index (χ0v) is 12.9. The summed E-state index contributed by atoms with van der Waals surface area (Å²) in [5, 5.41) is 22.0. The van der Waals surface area contributed by atoms with Crippen LogP contribution in [-0.2, 0) is 14.9 Å². The molecule has 0 aromatic heterocycles. The topological polar surface area (TPSA) is 70.3 Å². The first kappa shape index (κ1) is 15.1. The first-order valence-corrected chi connectivity index (χ1v) is 7.49. The van der Waals surface area contributed by atoms with Crippen molar-refractivity contribution in [1.29, 1.82) is 5.26 Å². The molecule has 0 amide bonds. The highest BCUT2D eigenvalue weighted by atomic mass is 16.5. The molecule has 23 heavy (non-hydrogen) atoms. The molecule has 0 spiro atoms. The third-order valence-corrected chi connectivity index (χ3v) is 4.56. The van der Waals surface area contributed by atoms with Crippen molar-refractivity contribution in [2.45, 2.75) is 24.7 Å². The Hall–Kier alpha value is -2.80. The van der Waals surface area contributed by atoms with E-state index in [0.717, 1.165) is 16.3 Å². The van der Waals surface area contributed by atoms with Crippen LogP contribution >= 0.6 is 0 Å². The molecule has 0 heterocycles. The van der Waals surface area contributed by atoms with Crippen molar-refractivity contribution in [2.24, 2.45) is 0 Å². The summed E-state index contributed by atoms with van der Waals surface area (Å²) >= 11 is 0. The van der Waals surface area contributed by atoms with Gasteiger partial charge in [0.2, 0.25) is 0 Å². The summed E-state index contributed by atoms with van der Waals surface area (Å²) in [6.07, 6.45) is 0.944. The molecule has 0 fully saturated rings. The number of aliphatic hydroxyl groups excluding tert-OH is 1. The third-order valence-electron chi connectivity index (χ3n) is 4.56. The average molecular weight is 307 g/mol. The lowest BCUT2D eigenvalue weighted by Gasteiger charge is -2.32. The van der Waals surface area contributed by atoms with E-state index in [1.807, 2.05) is 42.5 Å². The van der Waals surface area contributed by atoms with Crippen LogP contribution in [-0.4, -0.2) is 18.2 Å². The largest absolute Gasteiger partial charge is 0.512 e. The molecular weight excluding hydrogens is 290 g/mol. The molecule has 1 aliphatic rings. The summed E-state index contributed by atoms with van der Waals surface area (Å²) in [7, 11) is 1.28. The molecule has 1 N–H and O–H groups in total. The molecule has 116 valence electrons. The van der Waals surface area contributed by atoms with Crippen molar-refractivity contribution < 1.29 is 14.6 Å². The molecule has 0 aliphatic heterocycles. The molecule has 4 heteroatoms. The van der Waals surface area contributed by atoms with Crippen molar-refractivity contribution >= 4 is 16.7 Å². The van der Waals surface area contributed by atoms with Crippen LogP contribution in [0.1, 0.15) is 24.8 Å². The van der Waals surface area contributed by atoms with E-state index >= 15 is 0 Å². The van der Waals surface area contributed by atoms with Gasteiger partial charge in [0.25, 0.3) is 0 Å². The number of nitrogens with zero attached hydrogens (tertiary/aromatic N) is 1. The fourth-order valence-corrected chi connectivity index (χ4v) is 3.18. The van der Waals surface area contributed by atoms with Crippen LogP contribution in [0.5, 0.6) is 0 Å². The average Bonchev–Trinajstić information content (AvgIpc) is 2.61. The molecule has 1 atom stereocenters. The number of aliphatic hydroxyl groups is 1. The van der Waals surface area contributed by atoms with E-state index in [-0.39, 0.29) is 17.8 Å². The van der Waals surface area contributed by atoms with Crippen molar-refractivity contribution in [2.75, 3.05) is 7.11 Å². The molecule has 0 saturated heterocycles. The summed E-state index contributed by atoms with van der Waals surface area (Å²) in [6.45, 7) is 0. The number of rotatable bonds is 2. The Bertz CT molecular complexity index is 847. The van der Waals surface area contributed by atoms with E-state index < -0.39 is 11.4 Å². The van der Waals surface area contributed by atoms with Gasteiger partial charge in [-0.05, 0) is 28.8 Å². The number of nitriles is 1. The summed E-state index contributed by atoms with van der Waals surface area (Å²) < 4.78 is 4.74. The molecule has 0 bridgehead atoms. The Morgan fingerprint density at radius 3 is 2.70 bits per heavy atom. The fourth-order valence-electron chi connectivity index (χ4n) is 3.18. The van der Waals surface area contributed by atoms with Gasteiger partial charge in [0.05, 0.1) is 24.2 Å². The Morgan fingerprint density at radius 2 is 2.00 bits per heavy atom. The van der Waals surface area contributed by atoms with Crippen LogP contribution in [0.25, 0.3) is 10.8 Å². The second-order valence-corrected chi connectivity index (χ2v) is 5.85. The van der Waals surface area contributed by atoms with Crippen LogP contribution in [0.15, 0.2) is 53.8 Å². The van der Waals surface area contributed by atoms with E-state index in [2.05, 4.69) is 6.07 Å². The van der Waals surface area contributed by atoms with Gasteiger partial charge in [0.15, 0.2) is 0 Å². The van der Waals surface area contributed by atoms with Crippen LogP contribution in [0.2, 0.25) is 0 Å². The molecule has 0 unspecified atom stereocenters. The number of hydrogen-bond donors (Lipinski definition) is 1. The number of fused-ring (bicyclic) bond motifs is 1. The number of ether oxygens (including phenoxy) is 1. The highest BCUT2D eigenvalue weighted by molar-refractivity contribution is 5.90. The summed E-state index contributed by atoms with van der Waals surface area (Å²) in [5.74, 6) is -0.536. The maximum Gasteiger partial charge on any atom is 0.337 e. The van der Waals surface area contributed by atoms with E-state index in [0.29, 0.717) is 12.8 Å². The number of carbonyl (C=O) groups is 1. The Labute approximate surface area is 134 Å². The van der Waals surface area contributed by atoms with Crippen LogP contribution in [0.3, 0.4) is 0 Å². The van der Waals surface area contributed by atoms with Crippen LogP contribution < -0.4 is 0 Å². The summed E-state index contributed by atoms with van der Waals surface area (Å²) in [5.41, 5.74) is 0.251. The van der Waals surface area contributed by atoms with Crippen LogP contribution in [0.4, 0.5) is 0 Å². The first-order valence-electron chi connectivity index (χ1n) is 7.49. The number of hydrogen-bond acceptors (Lipinski definition) is 4. The monoisotopic (exact) mass is 307 g/mol. The normalized spacial score (nSPS) is 21.0. The van der Waals surface area contributed by atoms with Crippen molar-refractivity contribution in [3.05, 3.63) is 59.4 Å². The van der Waals surface area contributed by atoms with Gasteiger partial charge < -0.3 is 9.84 Å². The molecule has 3 rings (SSSR count). The maximum atomic E-state index is 11.9. The lowest BCUT2D eigenvalue weighted by molar-refractivity contribution is -0.136. The van der Waals surface area contributed by atoms with E-state index in [4.69, 9.17) is 4.74 Å². The molecule has 2 aromatic carbocycles. The molecule has 4 nitrogen and oxygen atoms in total. The van der Waals surface area contributed by atoms with Gasteiger partial charge in [0, 0.05) is 12.8 Å². The minimum atomic E-state index is -0.820. The van der Waals surface area contributed by atoms with Gasteiger partial charge in [-0.2, -0.15) is 5.26 Å². The zero-order valence-electron chi connectivity index (χ0n) is 12.9. The standard InChI is InChI=1S/C19H17NO3/c1-23-18(22)16-11-19(12-20,9-8-17(16)21)15-7-6-13-4-2-3-5-14(13)10-15/h2-7,10,21H,8-9,11H2,1H3/t19-/m0/s1. The molecule has 2 aromatic rings. The highest BCUT2D eigenvalue weighted by Gasteiger charge is 2.40. The minimum absolute atomic E-state index is 0.0310. The smallest absolute Gasteiger partial charge is 0.337 e. The van der Waals surface area contributed by atoms with Gasteiger partial charge in [0.1, 0.15) is 5.76 Å². The molecule has 0 radical (unpaired) electrons. The maximum absolute atomic E-state index is 11.9. The number of carbonyl (C=O) groups excluding carboxylic acids is 1. The molecular formula is C19H17NO3. The second kappa shape index (κ2) is 5.77. The minimum Gasteiger partial charge on any atom is -0.512 e. The van der Waals surface area contributed by atoms with Gasteiger partial charge >= 0.3 is 5.97 Å². The number of allylic oxidation sites excluding steroid dienone is 1. The fraction of sp³-hybridized carbons (Fsp3) is 0.263. The van der Waals surface area contributed by atoms with Gasteiger partial charge in [-0.1, -0.05) is 36.4 Å². The van der Waals surface area contributed by atoms with Crippen molar-refractivity contribution in [3.8, 4) is 6.07 Å². The lowest BCUT2D eigenvalue weighted by atomic mass is 9.69. The number of methoxy groups -OCH3 is 1. The summed E-state index contributed by atoms with van der Waals surface area (Å²) in [4.78, 5) is 11.9. The quantitative estimate of drug-likeness (QED) is 0.857. The first-order chi connectivity index (χ1) is 11.1. The van der Waals surface area contributed by atoms with Gasteiger partial charge in [-0.25, -0.2) is 4.79 Å². The Kier molecular flexibility index (Phi) is 3.79. The van der Waals surface area contributed by atoms with E-state index in [1.54, 1.807) is 0 Å². The highest BCUT2D eigenvalue weighted by Crippen LogP contribution is 2.42. The van der Waals surface area contributed by atoms with Crippen molar-refractivity contribution in [1.82, 2.24) is 0 Å². The van der Waals surface area contributed by atoms with Crippen molar-refractivity contribution in [3.63, 3.8) is 0 Å². The number of benzene rings is 2. The second-order valence-electron chi connectivity index (χ2n) is 5.85. The zero-order chi connectivity index (χ0) is 16.4. The predicted molar refractivity (Wildman–Crippen MR) is 86.8 cm³/mol. The van der Waals surface area contributed by atoms with Gasteiger partial charge in [-0.15, -0.1) is 0 Å². The van der Waals surface area contributed by atoms with Crippen LogP contribution in [0, 0.1) is 11.3 Å². The van der Waals surface area contributed by atoms with E-state index in [1.165, 1.54) is 7.11 Å². The van der Waals surface area contributed by atoms with Gasteiger partial charge in [-0.3, -0.25) is 0 Å². The Balaban J connectivity index is 2.07. The molecule has 1 aliphatic carbocycles. The third kappa shape index (κ3) is 2.55. The Morgan fingerprint density at radius 1 is 1.26 bits per heavy atom. The predicted octanol–water partition coefficient (Wildman–Crippen LogP) is 3.77. The number of esters is 1. The SMILES string of the molecule is COC(=O)C1=C(O)CC[C@](C#N)(c2ccc3ccccc3c2)C1. The molecule has 0 saturated carbocycles. The van der Waals surface area contributed by atoms with E-state index in [9.17, 15) is 15.2 Å². The lowest BCUT2D eigenvalue weighted by Crippen LogP contribution is -2.31. The summed E-state index contributed by atoms with van der Waals surface area (Å²) in [6, 6.07) is 16.2.